The maximum absolute atomic E-state index is 12.0. The number of nitrogens with zero attached hydrogens (tertiary/aromatic N) is 1. The first-order chi connectivity index (χ1) is 9.28. The number of nitrogens with one attached hydrogen (secondary N) is 2. The Labute approximate surface area is 121 Å². The van der Waals surface area contributed by atoms with Crippen LogP contribution in [0.15, 0.2) is 0 Å². The van der Waals surface area contributed by atoms with Crippen LogP contribution in [-0.4, -0.2) is 42.5 Å². The summed E-state index contributed by atoms with van der Waals surface area (Å²) in [5.74, 6) is 0.490. The second kappa shape index (κ2) is 5.62. The van der Waals surface area contributed by atoms with Gasteiger partial charge in [0, 0.05) is 19.6 Å². The Hall–Kier alpha value is -1.26. The van der Waals surface area contributed by atoms with E-state index in [0.717, 1.165) is 25.8 Å². The van der Waals surface area contributed by atoms with Crippen LogP contribution in [0.4, 0.5) is 4.79 Å². The fraction of sp³-hybridized carbons (Fsp3) is 0.867. The third-order valence-electron chi connectivity index (χ3n) is 4.74. The molecule has 2 aliphatic rings. The molecule has 5 heteroatoms. The van der Waals surface area contributed by atoms with Gasteiger partial charge < -0.3 is 15.5 Å². The molecule has 0 aromatic carbocycles. The molecule has 1 saturated carbocycles. The third kappa shape index (κ3) is 3.44. The molecule has 1 aliphatic heterocycles. The van der Waals surface area contributed by atoms with E-state index in [1.54, 1.807) is 11.9 Å². The molecule has 2 N–H and O–H groups in total. The molecular formula is C15H27N3O2. The van der Waals surface area contributed by atoms with Gasteiger partial charge in [0.1, 0.15) is 6.04 Å². The number of carbonyl (C=O) groups excluding carboxylic acids is 2. The topological polar surface area (TPSA) is 61.4 Å². The Bertz CT molecular complexity index is 395. The molecule has 0 spiro atoms. The summed E-state index contributed by atoms with van der Waals surface area (Å²) >= 11 is 0. The van der Waals surface area contributed by atoms with Gasteiger partial charge in [-0.15, -0.1) is 0 Å². The van der Waals surface area contributed by atoms with Crippen LogP contribution in [0.3, 0.4) is 0 Å². The van der Waals surface area contributed by atoms with E-state index in [0.29, 0.717) is 17.8 Å². The summed E-state index contributed by atoms with van der Waals surface area (Å²) < 4.78 is 0. The Balaban J connectivity index is 1.82. The van der Waals surface area contributed by atoms with Crippen LogP contribution in [0.1, 0.15) is 46.5 Å². The lowest BCUT2D eigenvalue weighted by Crippen LogP contribution is -2.51. The fourth-order valence-electron chi connectivity index (χ4n) is 3.49. The van der Waals surface area contributed by atoms with Crippen molar-refractivity contribution < 1.29 is 9.59 Å². The summed E-state index contributed by atoms with van der Waals surface area (Å²) in [5, 5.41) is 5.85. The van der Waals surface area contributed by atoms with E-state index in [2.05, 4.69) is 31.4 Å². The van der Waals surface area contributed by atoms with Crippen molar-refractivity contribution in [1.82, 2.24) is 15.5 Å². The third-order valence-corrected chi connectivity index (χ3v) is 4.74. The van der Waals surface area contributed by atoms with E-state index in [-0.39, 0.29) is 24.0 Å². The van der Waals surface area contributed by atoms with E-state index in [9.17, 15) is 9.59 Å². The van der Waals surface area contributed by atoms with Crippen LogP contribution in [0.25, 0.3) is 0 Å². The first-order valence-electron chi connectivity index (χ1n) is 7.60. The molecule has 1 aliphatic carbocycles. The molecular weight excluding hydrogens is 254 g/mol. The molecule has 0 bridgehead atoms. The zero-order valence-electron chi connectivity index (χ0n) is 13.0. The highest BCUT2D eigenvalue weighted by molar-refractivity contribution is 5.88. The van der Waals surface area contributed by atoms with Gasteiger partial charge in [-0.1, -0.05) is 20.8 Å². The number of likely N-dealkylation sites (N-methyl/N-ethyl adjacent to an activating group) is 1. The van der Waals surface area contributed by atoms with Gasteiger partial charge in [-0.3, -0.25) is 4.79 Å². The van der Waals surface area contributed by atoms with Gasteiger partial charge in [0.2, 0.25) is 5.91 Å². The average molecular weight is 281 g/mol. The highest BCUT2D eigenvalue weighted by atomic mass is 16.2. The zero-order valence-corrected chi connectivity index (χ0v) is 13.0. The Morgan fingerprint density at radius 1 is 1.30 bits per heavy atom. The van der Waals surface area contributed by atoms with Crippen molar-refractivity contribution in [1.29, 1.82) is 0 Å². The minimum absolute atomic E-state index is 0.0120. The van der Waals surface area contributed by atoms with Crippen molar-refractivity contribution in [3.63, 3.8) is 0 Å². The average Bonchev–Trinajstić information content (AvgIpc) is 2.64. The predicted molar refractivity (Wildman–Crippen MR) is 78.3 cm³/mol. The van der Waals surface area contributed by atoms with Gasteiger partial charge in [-0.2, -0.15) is 0 Å². The van der Waals surface area contributed by atoms with Crippen molar-refractivity contribution in [2.45, 2.75) is 58.5 Å². The molecule has 114 valence electrons. The molecule has 1 heterocycles. The number of rotatable bonds is 2. The van der Waals surface area contributed by atoms with E-state index in [1.165, 1.54) is 0 Å². The van der Waals surface area contributed by atoms with Crippen molar-refractivity contribution in [2.24, 2.45) is 11.3 Å². The van der Waals surface area contributed by atoms with Crippen molar-refractivity contribution in [3.05, 3.63) is 0 Å². The predicted octanol–water partition coefficient (Wildman–Crippen LogP) is 1.73. The number of amides is 3. The van der Waals surface area contributed by atoms with Crippen molar-refractivity contribution in [3.8, 4) is 0 Å². The Morgan fingerprint density at radius 2 is 2.00 bits per heavy atom. The van der Waals surface area contributed by atoms with Gasteiger partial charge in [0.25, 0.3) is 0 Å². The van der Waals surface area contributed by atoms with Crippen LogP contribution >= 0.6 is 0 Å². The first kappa shape index (κ1) is 15.1. The summed E-state index contributed by atoms with van der Waals surface area (Å²) in [4.78, 5) is 25.5. The summed E-state index contributed by atoms with van der Waals surface area (Å²) in [6, 6.07) is -0.331. The Kier molecular flexibility index (Phi) is 4.25. The van der Waals surface area contributed by atoms with E-state index in [1.807, 2.05) is 0 Å². The normalized spacial score (nSPS) is 33.1. The van der Waals surface area contributed by atoms with Crippen LogP contribution in [0.5, 0.6) is 0 Å². The second-order valence-electron chi connectivity index (χ2n) is 7.21. The maximum atomic E-state index is 12.0. The van der Waals surface area contributed by atoms with Crippen molar-refractivity contribution in [2.75, 3.05) is 13.6 Å². The van der Waals surface area contributed by atoms with E-state index >= 15 is 0 Å². The van der Waals surface area contributed by atoms with Crippen LogP contribution in [0.2, 0.25) is 0 Å². The largest absolute Gasteiger partial charge is 0.344 e. The number of hydrogen-bond acceptors (Lipinski definition) is 2. The molecule has 20 heavy (non-hydrogen) atoms. The van der Waals surface area contributed by atoms with Gasteiger partial charge in [-0.25, -0.2) is 4.79 Å². The Morgan fingerprint density at radius 3 is 2.55 bits per heavy atom. The summed E-state index contributed by atoms with van der Waals surface area (Å²) in [7, 11) is 1.77. The molecule has 2 rings (SSSR count). The standard InChI is InChI=1S/C15H27N3O2/c1-10-9-15(2,3)7-5-11(10)16-14(20)17-12-6-8-18(4)13(12)19/h10-12H,5-9H2,1-4H3,(H2,16,17,20)/t10-,11-,12+/m1/s1. The summed E-state index contributed by atoms with van der Waals surface area (Å²) in [6.07, 6.45) is 3.98. The highest BCUT2D eigenvalue weighted by Crippen LogP contribution is 2.38. The smallest absolute Gasteiger partial charge is 0.315 e. The molecule has 5 nitrogen and oxygen atoms in total. The molecule has 0 unspecified atom stereocenters. The van der Waals surface area contributed by atoms with Crippen LogP contribution < -0.4 is 10.6 Å². The molecule has 1 saturated heterocycles. The minimum atomic E-state index is -0.352. The molecule has 0 aromatic rings. The van der Waals surface area contributed by atoms with Gasteiger partial charge in [0.05, 0.1) is 0 Å². The quantitative estimate of drug-likeness (QED) is 0.810. The maximum Gasteiger partial charge on any atom is 0.315 e. The highest BCUT2D eigenvalue weighted by Gasteiger charge is 2.34. The van der Waals surface area contributed by atoms with Crippen molar-refractivity contribution >= 4 is 11.9 Å². The van der Waals surface area contributed by atoms with Gasteiger partial charge >= 0.3 is 6.03 Å². The molecule has 3 amide bonds. The molecule has 0 radical (unpaired) electrons. The lowest BCUT2D eigenvalue weighted by molar-refractivity contribution is -0.128. The summed E-state index contributed by atoms with van der Waals surface area (Å²) in [6.45, 7) is 7.48. The monoisotopic (exact) mass is 281 g/mol. The lowest BCUT2D eigenvalue weighted by atomic mass is 9.70. The lowest BCUT2D eigenvalue weighted by Gasteiger charge is -2.39. The number of likely N-dealkylation sites (tertiary alicyclic amines) is 1. The molecule has 3 atom stereocenters. The SMILES string of the molecule is C[C@@H]1CC(C)(C)CC[C@H]1NC(=O)N[C@H]1CCN(C)C1=O. The molecule has 0 aromatic heterocycles. The first-order valence-corrected chi connectivity index (χ1v) is 7.60. The summed E-state index contributed by atoms with van der Waals surface area (Å²) in [5.41, 5.74) is 0.373. The zero-order chi connectivity index (χ0) is 14.9. The van der Waals surface area contributed by atoms with E-state index < -0.39 is 0 Å². The van der Waals surface area contributed by atoms with Crippen LogP contribution in [0, 0.1) is 11.3 Å². The second-order valence-corrected chi connectivity index (χ2v) is 7.21. The molecule has 2 fully saturated rings. The number of hydrogen-bond donors (Lipinski definition) is 2. The fourth-order valence-corrected chi connectivity index (χ4v) is 3.49. The van der Waals surface area contributed by atoms with Gasteiger partial charge in [-0.05, 0) is 37.0 Å². The minimum Gasteiger partial charge on any atom is -0.344 e. The number of urea groups is 1. The van der Waals surface area contributed by atoms with E-state index in [4.69, 9.17) is 0 Å². The van der Waals surface area contributed by atoms with Gasteiger partial charge in [0.15, 0.2) is 0 Å². The van der Waals surface area contributed by atoms with Crippen LogP contribution in [-0.2, 0) is 4.79 Å². The number of carbonyl (C=O) groups is 2.